The highest BCUT2D eigenvalue weighted by molar-refractivity contribution is 6.30. The van der Waals surface area contributed by atoms with Gasteiger partial charge in [-0.05, 0) is 37.6 Å². The van der Waals surface area contributed by atoms with Crippen LogP contribution in [0.4, 0.5) is 4.39 Å². The van der Waals surface area contributed by atoms with Gasteiger partial charge in [-0.1, -0.05) is 42.8 Å². The van der Waals surface area contributed by atoms with Gasteiger partial charge in [-0.15, -0.1) is 5.10 Å². The fourth-order valence-corrected chi connectivity index (χ4v) is 4.82. The molecule has 1 atom stereocenters. The van der Waals surface area contributed by atoms with Gasteiger partial charge in [-0.3, -0.25) is 9.48 Å². The summed E-state index contributed by atoms with van der Waals surface area (Å²) in [5, 5.41) is 9.80. The van der Waals surface area contributed by atoms with Crippen molar-refractivity contribution in [2.45, 2.75) is 32.7 Å². The summed E-state index contributed by atoms with van der Waals surface area (Å²) in [6.07, 6.45) is 1.16. The molecule has 0 saturated heterocycles. The average Bonchev–Trinajstić information content (AvgIpc) is 3.40. The molecule has 0 fully saturated rings. The number of carbonyl (C=O) groups is 1. The fraction of sp³-hybridized carbons (Fsp3) is 0.280. The van der Waals surface area contributed by atoms with E-state index in [1.54, 1.807) is 23.1 Å². The molecule has 34 heavy (non-hydrogen) atoms. The summed E-state index contributed by atoms with van der Waals surface area (Å²) in [6.45, 7) is 4.36. The van der Waals surface area contributed by atoms with E-state index in [9.17, 15) is 9.18 Å². The number of rotatable bonds is 4. The molecule has 3 heterocycles. The van der Waals surface area contributed by atoms with Gasteiger partial charge in [0.1, 0.15) is 17.3 Å². The minimum atomic E-state index is -0.417. The summed E-state index contributed by atoms with van der Waals surface area (Å²) in [5.41, 5.74) is 4.23. The summed E-state index contributed by atoms with van der Waals surface area (Å²) in [6, 6.07) is 13.8. The van der Waals surface area contributed by atoms with Crippen molar-refractivity contribution in [1.82, 2.24) is 29.4 Å². The van der Waals surface area contributed by atoms with Crippen molar-refractivity contribution >= 4 is 17.5 Å². The van der Waals surface area contributed by atoms with Gasteiger partial charge >= 0.3 is 0 Å². The van der Waals surface area contributed by atoms with Crippen molar-refractivity contribution in [3.63, 3.8) is 0 Å². The Kier molecular flexibility index (Phi) is 5.69. The molecule has 1 aliphatic heterocycles. The van der Waals surface area contributed by atoms with Crippen molar-refractivity contribution in [1.29, 1.82) is 0 Å². The first-order valence-electron chi connectivity index (χ1n) is 11.2. The first kappa shape index (κ1) is 22.3. The smallest absolute Gasteiger partial charge is 0.294 e. The highest BCUT2D eigenvalue weighted by Gasteiger charge is 2.35. The topological polar surface area (TPSA) is 68.8 Å². The molecule has 4 aromatic rings. The molecular formula is C25H24ClFN6O. The third-order valence-electron chi connectivity index (χ3n) is 6.26. The lowest BCUT2D eigenvalue weighted by molar-refractivity contribution is 0.0661. The number of carbonyl (C=O) groups excluding carboxylic acids is 1. The Morgan fingerprint density at radius 2 is 1.97 bits per heavy atom. The van der Waals surface area contributed by atoms with E-state index in [-0.39, 0.29) is 23.5 Å². The van der Waals surface area contributed by atoms with Crippen molar-refractivity contribution in [2.24, 2.45) is 7.05 Å². The standard InChI is InChI=1S/C25H24ClFN6O/c1-4-21-28-24(30-33(21)20-11-6-5-10-19(20)27)25(34)32-13-12-18-22(15(32)2)29-31(3)23(18)16-8-7-9-17(26)14-16/h5-11,14-15H,4,12-13H2,1-3H3/t15-/m0/s1. The summed E-state index contributed by atoms with van der Waals surface area (Å²) in [7, 11) is 1.90. The van der Waals surface area contributed by atoms with E-state index in [4.69, 9.17) is 16.7 Å². The summed E-state index contributed by atoms with van der Waals surface area (Å²) in [4.78, 5) is 19.6. The molecular weight excluding hydrogens is 455 g/mol. The minimum Gasteiger partial charge on any atom is -0.327 e. The molecule has 0 radical (unpaired) electrons. The van der Waals surface area contributed by atoms with Crippen molar-refractivity contribution in [2.75, 3.05) is 6.54 Å². The molecule has 0 N–H and O–H groups in total. The number of halogens is 2. The molecule has 2 aromatic heterocycles. The number of amides is 1. The summed E-state index contributed by atoms with van der Waals surface area (Å²) >= 11 is 6.22. The number of benzene rings is 2. The first-order valence-corrected chi connectivity index (χ1v) is 11.6. The van der Waals surface area contributed by atoms with E-state index >= 15 is 0 Å². The monoisotopic (exact) mass is 478 g/mol. The molecule has 0 unspecified atom stereocenters. The van der Waals surface area contributed by atoms with Gasteiger partial charge in [0, 0.05) is 36.2 Å². The largest absolute Gasteiger partial charge is 0.327 e. The molecule has 5 rings (SSSR count). The Bertz CT molecular complexity index is 1390. The van der Waals surface area contributed by atoms with Crippen LogP contribution in [-0.4, -0.2) is 41.9 Å². The molecule has 0 bridgehead atoms. The highest BCUT2D eigenvalue weighted by Crippen LogP contribution is 2.36. The van der Waals surface area contributed by atoms with E-state index in [0.29, 0.717) is 30.2 Å². The van der Waals surface area contributed by atoms with Gasteiger partial charge < -0.3 is 4.90 Å². The van der Waals surface area contributed by atoms with Gasteiger partial charge in [0.15, 0.2) is 0 Å². The van der Waals surface area contributed by atoms with Gasteiger partial charge in [0.25, 0.3) is 5.91 Å². The number of nitrogens with zero attached hydrogens (tertiary/aromatic N) is 6. The molecule has 0 spiro atoms. The van der Waals surface area contributed by atoms with Crippen molar-refractivity contribution in [3.05, 3.63) is 82.3 Å². The van der Waals surface area contributed by atoms with E-state index in [1.165, 1.54) is 10.7 Å². The number of aromatic nitrogens is 5. The van der Waals surface area contributed by atoms with Crippen LogP contribution >= 0.6 is 11.6 Å². The van der Waals surface area contributed by atoms with Crippen LogP contribution in [0.25, 0.3) is 16.9 Å². The predicted octanol–water partition coefficient (Wildman–Crippen LogP) is 4.78. The minimum absolute atomic E-state index is 0.0569. The number of aryl methyl sites for hydroxylation is 2. The third kappa shape index (κ3) is 3.68. The second-order valence-corrected chi connectivity index (χ2v) is 8.78. The van der Waals surface area contributed by atoms with Crippen LogP contribution in [0.3, 0.4) is 0 Å². The number of hydrogen-bond donors (Lipinski definition) is 0. The SMILES string of the molecule is CCc1nc(C(=O)N2CCc3c(nn(C)c3-c3cccc(Cl)c3)[C@@H]2C)nn1-c1ccccc1F. The fourth-order valence-electron chi connectivity index (χ4n) is 4.63. The lowest BCUT2D eigenvalue weighted by atomic mass is 9.95. The Morgan fingerprint density at radius 3 is 2.71 bits per heavy atom. The first-order chi connectivity index (χ1) is 16.4. The molecule has 2 aromatic carbocycles. The Balaban J connectivity index is 1.48. The summed E-state index contributed by atoms with van der Waals surface area (Å²) < 4.78 is 17.7. The van der Waals surface area contributed by atoms with E-state index < -0.39 is 5.82 Å². The van der Waals surface area contributed by atoms with Gasteiger partial charge in [0.05, 0.1) is 17.4 Å². The van der Waals surface area contributed by atoms with Crippen LogP contribution in [0.2, 0.25) is 5.02 Å². The Labute approximate surface area is 201 Å². The van der Waals surface area contributed by atoms with Crippen LogP contribution in [0.5, 0.6) is 0 Å². The maximum absolute atomic E-state index is 14.4. The predicted molar refractivity (Wildman–Crippen MR) is 128 cm³/mol. The molecule has 0 saturated carbocycles. The van der Waals surface area contributed by atoms with E-state index in [0.717, 1.165) is 22.5 Å². The average molecular weight is 479 g/mol. The quantitative estimate of drug-likeness (QED) is 0.423. The molecule has 7 nitrogen and oxygen atoms in total. The normalized spacial score (nSPS) is 15.4. The van der Waals surface area contributed by atoms with Crippen LogP contribution in [0.15, 0.2) is 48.5 Å². The number of hydrogen-bond acceptors (Lipinski definition) is 4. The molecule has 1 amide bonds. The zero-order chi connectivity index (χ0) is 24.0. The van der Waals surface area contributed by atoms with Crippen molar-refractivity contribution < 1.29 is 9.18 Å². The van der Waals surface area contributed by atoms with Crippen LogP contribution in [0, 0.1) is 5.82 Å². The number of fused-ring (bicyclic) bond motifs is 1. The lowest BCUT2D eigenvalue weighted by Gasteiger charge is -2.32. The lowest BCUT2D eigenvalue weighted by Crippen LogP contribution is -2.39. The molecule has 174 valence electrons. The van der Waals surface area contributed by atoms with Gasteiger partial charge in [0.2, 0.25) is 5.82 Å². The third-order valence-corrected chi connectivity index (χ3v) is 6.50. The van der Waals surface area contributed by atoms with Crippen LogP contribution in [-0.2, 0) is 19.9 Å². The zero-order valence-electron chi connectivity index (χ0n) is 19.2. The maximum atomic E-state index is 14.4. The maximum Gasteiger partial charge on any atom is 0.294 e. The molecule has 0 aliphatic carbocycles. The Hall–Kier alpha value is -3.52. The highest BCUT2D eigenvalue weighted by atomic mass is 35.5. The molecule has 9 heteroatoms. The zero-order valence-corrected chi connectivity index (χ0v) is 19.9. The van der Waals surface area contributed by atoms with Gasteiger partial charge in [-0.2, -0.15) is 5.10 Å². The number of para-hydroxylation sites is 1. The van der Waals surface area contributed by atoms with Gasteiger partial charge in [-0.25, -0.2) is 14.1 Å². The second kappa shape index (κ2) is 8.68. The van der Waals surface area contributed by atoms with Crippen LogP contribution < -0.4 is 0 Å². The van der Waals surface area contributed by atoms with E-state index in [1.807, 2.05) is 49.8 Å². The second-order valence-electron chi connectivity index (χ2n) is 8.34. The summed E-state index contributed by atoms with van der Waals surface area (Å²) in [5.74, 6) is -0.127. The Morgan fingerprint density at radius 1 is 1.18 bits per heavy atom. The van der Waals surface area contributed by atoms with E-state index in [2.05, 4.69) is 10.1 Å². The van der Waals surface area contributed by atoms with Crippen molar-refractivity contribution in [3.8, 4) is 16.9 Å². The van der Waals surface area contributed by atoms with Crippen LogP contribution in [0.1, 0.15) is 47.6 Å². The molecule has 1 aliphatic rings.